The molecule has 2 aromatic rings. The third kappa shape index (κ3) is 3.03. The number of nitrogens with one attached hydrogen (secondary N) is 1. The van der Waals surface area contributed by atoms with Gasteiger partial charge in [0.05, 0.1) is 5.69 Å². The van der Waals surface area contributed by atoms with E-state index in [0.29, 0.717) is 12.4 Å². The first kappa shape index (κ1) is 12.5. The molecule has 2 rings (SSSR count). The van der Waals surface area contributed by atoms with Crippen LogP contribution in [0.3, 0.4) is 0 Å². The lowest BCUT2D eigenvalue weighted by atomic mass is 9.87. The van der Waals surface area contributed by atoms with Crippen molar-refractivity contribution < 1.29 is 4.74 Å². The van der Waals surface area contributed by atoms with Crippen LogP contribution in [-0.2, 0) is 12.0 Å². The summed E-state index contributed by atoms with van der Waals surface area (Å²) in [6, 6.07) is 9.92. The van der Waals surface area contributed by atoms with Gasteiger partial charge in [-0.3, -0.25) is 5.10 Å². The Kier molecular flexibility index (Phi) is 3.28. The summed E-state index contributed by atoms with van der Waals surface area (Å²) in [5.41, 5.74) is 7.78. The number of hydrogen-bond acceptors (Lipinski definition) is 3. The number of hydrogen-bond donors (Lipinski definition) is 2. The maximum atomic E-state index is 5.71. The standard InChI is InChI=1S/C14H19N3O/c1-14(2,3)10-5-4-6-12(7-10)18-9-11-8-13(15)17-16-11/h4-8H,9H2,1-3H3,(H3,15,16,17). The van der Waals surface area contributed by atoms with Gasteiger partial charge in [0.15, 0.2) is 0 Å². The predicted octanol–water partition coefficient (Wildman–Crippen LogP) is 2.87. The van der Waals surface area contributed by atoms with E-state index in [9.17, 15) is 0 Å². The maximum absolute atomic E-state index is 5.71. The van der Waals surface area contributed by atoms with Gasteiger partial charge in [-0.1, -0.05) is 32.9 Å². The summed E-state index contributed by atoms with van der Waals surface area (Å²) in [7, 11) is 0. The van der Waals surface area contributed by atoms with Gasteiger partial charge < -0.3 is 10.5 Å². The number of ether oxygens (including phenoxy) is 1. The van der Waals surface area contributed by atoms with E-state index < -0.39 is 0 Å². The number of anilines is 1. The Morgan fingerprint density at radius 2 is 2.06 bits per heavy atom. The summed E-state index contributed by atoms with van der Waals surface area (Å²) < 4.78 is 5.71. The van der Waals surface area contributed by atoms with E-state index in [0.717, 1.165) is 11.4 Å². The molecule has 0 aliphatic rings. The van der Waals surface area contributed by atoms with Crippen molar-refractivity contribution in [3.63, 3.8) is 0 Å². The van der Waals surface area contributed by atoms with E-state index in [1.54, 1.807) is 6.07 Å². The Balaban J connectivity index is 2.06. The molecule has 0 saturated heterocycles. The Labute approximate surface area is 107 Å². The van der Waals surface area contributed by atoms with Crippen molar-refractivity contribution in [1.29, 1.82) is 0 Å². The fourth-order valence-electron chi connectivity index (χ4n) is 1.67. The van der Waals surface area contributed by atoms with Gasteiger partial charge in [0.1, 0.15) is 18.2 Å². The van der Waals surface area contributed by atoms with Crippen molar-refractivity contribution >= 4 is 5.82 Å². The first-order valence-electron chi connectivity index (χ1n) is 5.98. The van der Waals surface area contributed by atoms with Crippen molar-refractivity contribution in [2.45, 2.75) is 32.8 Å². The molecule has 0 radical (unpaired) electrons. The summed E-state index contributed by atoms with van der Waals surface area (Å²) in [4.78, 5) is 0. The van der Waals surface area contributed by atoms with E-state index in [2.05, 4.69) is 43.1 Å². The third-order valence-corrected chi connectivity index (χ3v) is 2.75. The highest BCUT2D eigenvalue weighted by Crippen LogP contribution is 2.25. The van der Waals surface area contributed by atoms with Crippen molar-refractivity contribution in [3.05, 3.63) is 41.6 Å². The monoisotopic (exact) mass is 245 g/mol. The van der Waals surface area contributed by atoms with Gasteiger partial charge in [0.25, 0.3) is 0 Å². The minimum absolute atomic E-state index is 0.123. The molecule has 96 valence electrons. The average molecular weight is 245 g/mol. The van der Waals surface area contributed by atoms with Gasteiger partial charge in [0, 0.05) is 6.07 Å². The van der Waals surface area contributed by atoms with Crippen LogP contribution in [0.5, 0.6) is 5.75 Å². The number of aromatic nitrogens is 2. The van der Waals surface area contributed by atoms with Crippen molar-refractivity contribution in [2.24, 2.45) is 0 Å². The largest absolute Gasteiger partial charge is 0.487 e. The molecule has 1 aromatic carbocycles. The number of H-pyrrole nitrogens is 1. The zero-order valence-corrected chi connectivity index (χ0v) is 11.0. The molecule has 4 heteroatoms. The van der Waals surface area contributed by atoms with Crippen molar-refractivity contribution in [3.8, 4) is 5.75 Å². The quantitative estimate of drug-likeness (QED) is 0.874. The van der Waals surface area contributed by atoms with E-state index >= 15 is 0 Å². The van der Waals surface area contributed by atoms with Crippen LogP contribution in [0, 0.1) is 0 Å². The Morgan fingerprint density at radius 3 is 2.67 bits per heavy atom. The van der Waals surface area contributed by atoms with Crippen LogP contribution >= 0.6 is 0 Å². The first-order chi connectivity index (χ1) is 8.45. The molecule has 0 aliphatic carbocycles. The minimum atomic E-state index is 0.123. The first-order valence-corrected chi connectivity index (χ1v) is 5.98. The summed E-state index contributed by atoms with van der Waals surface area (Å²) in [6.07, 6.45) is 0. The van der Waals surface area contributed by atoms with E-state index in [4.69, 9.17) is 10.5 Å². The molecule has 0 unspecified atom stereocenters. The van der Waals surface area contributed by atoms with E-state index in [1.165, 1.54) is 5.56 Å². The highest BCUT2D eigenvalue weighted by Gasteiger charge is 2.13. The molecule has 1 heterocycles. The molecule has 0 amide bonds. The van der Waals surface area contributed by atoms with Crippen LogP contribution in [0.4, 0.5) is 5.82 Å². The van der Waals surface area contributed by atoms with Crippen LogP contribution in [0.25, 0.3) is 0 Å². The van der Waals surface area contributed by atoms with Gasteiger partial charge in [-0.15, -0.1) is 0 Å². The number of rotatable bonds is 3. The second-order valence-corrected chi connectivity index (χ2v) is 5.38. The summed E-state index contributed by atoms with van der Waals surface area (Å²) in [6.45, 7) is 6.99. The van der Waals surface area contributed by atoms with Gasteiger partial charge >= 0.3 is 0 Å². The zero-order valence-electron chi connectivity index (χ0n) is 11.0. The molecular weight excluding hydrogens is 226 g/mol. The fourth-order valence-corrected chi connectivity index (χ4v) is 1.67. The van der Waals surface area contributed by atoms with Gasteiger partial charge in [-0.2, -0.15) is 5.10 Å². The molecule has 0 saturated carbocycles. The van der Waals surface area contributed by atoms with Gasteiger partial charge in [0.2, 0.25) is 0 Å². The van der Waals surface area contributed by atoms with Crippen LogP contribution in [0.15, 0.2) is 30.3 Å². The highest BCUT2D eigenvalue weighted by atomic mass is 16.5. The molecule has 1 aromatic heterocycles. The molecule has 4 nitrogen and oxygen atoms in total. The molecule has 0 bridgehead atoms. The number of nitrogen functional groups attached to an aromatic ring is 1. The summed E-state index contributed by atoms with van der Waals surface area (Å²) >= 11 is 0. The maximum Gasteiger partial charge on any atom is 0.145 e. The van der Waals surface area contributed by atoms with Crippen LogP contribution in [0.2, 0.25) is 0 Å². The normalized spacial score (nSPS) is 11.5. The van der Waals surface area contributed by atoms with Crippen molar-refractivity contribution in [1.82, 2.24) is 10.2 Å². The fraction of sp³-hybridized carbons (Fsp3) is 0.357. The molecule has 3 N–H and O–H groups in total. The summed E-state index contributed by atoms with van der Waals surface area (Å²) in [5.74, 6) is 1.34. The molecule has 18 heavy (non-hydrogen) atoms. The molecule has 0 spiro atoms. The van der Waals surface area contributed by atoms with Crippen LogP contribution < -0.4 is 10.5 Å². The number of nitrogens with zero attached hydrogens (tertiary/aromatic N) is 1. The third-order valence-electron chi connectivity index (χ3n) is 2.75. The molecule has 0 atom stereocenters. The molecular formula is C14H19N3O. The molecule has 0 aliphatic heterocycles. The lowest BCUT2D eigenvalue weighted by Crippen LogP contribution is -2.11. The number of aromatic amines is 1. The zero-order chi connectivity index (χ0) is 13.2. The smallest absolute Gasteiger partial charge is 0.145 e. The van der Waals surface area contributed by atoms with Crippen molar-refractivity contribution in [2.75, 3.05) is 5.73 Å². The minimum Gasteiger partial charge on any atom is -0.487 e. The van der Waals surface area contributed by atoms with Crippen LogP contribution in [0.1, 0.15) is 32.0 Å². The Bertz CT molecular complexity index is 526. The lowest BCUT2D eigenvalue weighted by Gasteiger charge is -2.19. The van der Waals surface area contributed by atoms with Crippen LogP contribution in [-0.4, -0.2) is 10.2 Å². The SMILES string of the molecule is CC(C)(C)c1cccc(OCc2cc(N)n[nH]2)c1. The Morgan fingerprint density at radius 1 is 1.28 bits per heavy atom. The van der Waals surface area contributed by atoms with Gasteiger partial charge in [-0.25, -0.2) is 0 Å². The molecule has 0 fully saturated rings. The second-order valence-electron chi connectivity index (χ2n) is 5.38. The summed E-state index contributed by atoms with van der Waals surface area (Å²) in [5, 5.41) is 6.68. The lowest BCUT2D eigenvalue weighted by molar-refractivity contribution is 0.300. The number of nitrogens with two attached hydrogens (primary N) is 1. The predicted molar refractivity (Wildman–Crippen MR) is 72.5 cm³/mol. The van der Waals surface area contributed by atoms with E-state index in [1.807, 2.05) is 12.1 Å². The Hall–Kier alpha value is -1.97. The van der Waals surface area contributed by atoms with Gasteiger partial charge in [-0.05, 0) is 23.1 Å². The number of benzene rings is 1. The average Bonchev–Trinajstić information content (AvgIpc) is 2.72. The van der Waals surface area contributed by atoms with E-state index in [-0.39, 0.29) is 5.41 Å². The topological polar surface area (TPSA) is 63.9 Å². The second kappa shape index (κ2) is 4.72. The highest BCUT2D eigenvalue weighted by molar-refractivity contribution is 5.33.